The SMILES string of the molecule is Cc1cc(Cl)cc(-c2onc(N)c2C)c1. The summed E-state index contributed by atoms with van der Waals surface area (Å²) in [6, 6.07) is 5.71. The molecule has 4 heteroatoms. The lowest BCUT2D eigenvalue weighted by Crippen LogP contribution is -1.86. The Hall–Kier alpha value is -1.48. The average molecular weight is 223 g/mol. The maximum atomic E-state index is 5.97. The van der Waals surface area contributed by atoms with Crippen molar-refractivity contribution in [1.82, 2.24) is 5.16 Å². The van der Waals surface area contributed by atoms with Crippen LogP contribution in [0.3, 0.4) is 0 Å². The summed E-state index contributed by atoms with van der Waals surface area (Å²) in [6.45, 7) is 3.85. The Balaban J connectivity index is 2.58. The monoisotopic (exact) mass is 222 g/mol. The molecule has 2 rings (SSSR count). The molecular weight excluding hydrogens is 212 g/mol. The van der Waals surface area contributed by atoms with Crippen LogP contribution in [0.25, 0.3) is 11.3 Å². The molecular formula is C11H11ClN2O. The Labute approximate surface area is 92.8 Å². The first-order valence-corrected chi connectivity index (χ1v) is 4.95. The minimum absolute atomic E-state index is 0.419. The first kappa shape index (κ1) is 10.1. The van der Waals surface area contributed by atoms with E-state index in [0.29, 0.717) is 16.6 Å². The minimum atomic E-state index is 0.419. The predicted octanol–water partition coefficient (Wildman–Crippen LogP) is 3.19. The van der Waals surface area contributed by atoms with Gasteiger partial charge in [-0.15, -0.1) is 0 Å². The molecule has 1 aromatic heterocycles. The van der Waals surface area contributed by atoms with Crippen LogP contribution in [0.1, 0.15) is 11.1 Å². The quantitative estimate of drug-likeness (QED) is 0.806. The number of nitrogens with zero attached hydrogens (tertiary/aromatic N) is 1. The predicted molar refractivity (Wildman–Crippen MR) is 60.8 cm³/mol. The molecule has 78 valence electrons. The van der Waals surface area contributed by atoms with Gasteiger partial charge in [-0.1, -0.05) is 16.8 Å². The average Bonchev–Trinajstić information content (AvgIpc) is 2.46. The van der Waals surface area contributed by atoms with E-state index in [-0.39, 0.29) is 0 Å². The van der Waals surface area contributed by atoms with E-state index in [9.17, 15) is 0 Å². The Bertz CT molecular complexity index is 485. The van der Waals surface area contributed by atoms with Gasteiger partial charge in [-0.2, -0.15) is 0 Å². The van der Waals surface area contributed by atoms with Gasteiger partial charge < -0.3 is 10.3 Å². The van der Waals surface area contributed by atoms with Crippen LogP contribution in [0, 0.1) is 13.8 Å². The smallest absolute Gasteiger partial charge is 0.172 e. The van der Waals surface area contributed by atoms with Gasteiger partial charge in [-0.25, -0.2) is 0 Å². The van der Waals surface area contributed by atoms with E-state index < -0.39 is 0 Å². The van der Waals surface area contributed by atoms with Crippen LogP contribution in [0.5, 0.6) is 0 Å². The molecule has 2 aromatic rings. The normalized spacial score (nSPS) is 10.6. The van der Waals surface area contributed by atoms with Gasteiger partial charge in [-0.3, -0.25) is 0 Å². The zero-order valence-electron chi connectivity index (χ0n) is 8.54. The van der Waals surface area contributed by atoms with Crippen molar-refractivity contribution in [3.05, 3.63) is 34.3 Å². The van der Waals surface area contributed by atoms with E-state index in [1.54, 1.807) is 0 Å². The lowest BCUT2D eigenvalue weighted by molar-refractivity contribution is 0.435. The molecule has 0 spiro atoms. The fourth-order valence-electron chi connectivity index (χ4n) is 1.48. The number of nitrogens with two attached hydrogens (primary N) is 1. The lowest BCUT2D eigenvalue weighted by atomic mass is 10.1. The molecule has 0 saturated heterocycles. The van der Waals surface area contributed by atoms with Crippen molar-refractivity contribution in [1.29, 1.82) is 0 Å². The largest absolute Gasteiger partial charge is 0.381 e. The molecule has 0 atom stereocenters. The maximum Gasteiger partial charge on any atom is 0.172 e. The fraction of sp³-hybridized carbons (Fsp3) is 0.182. The number of halogens is 1. The van der Waals surface area contributed by atoms with Crippen molar-refractivity contribution in [2.75, 3.05) is 5.73 Å². The Morgan fingerprint density at radius 2 is 2.00 bits per heavy atom. The second-order valence-electron chi connectivity index (χ2n) is 3.54. The standard InChI is InChI=1S/C11H11ClN2O/c1-6-3-8(5-9(12)4-6)10-7(2)11(13)14-15-10/h3-5H,1-2H3,(H2,13,14). The fourth-order valence-corrected chi connectivity index (χ4v) is 1.77. The van der Waals surface area contributed by atoms with E-state index in [4.69, 9.17) is 21.9 Å². The summed E-state index contributed by atoms with van der Waals surface area (Å²) in [6.07, 6.45) is 0. The van der Waals surface area contributed by atoms with Crippen LogP contribution >= 0.6 is 11.6 Å². The van der Waals surface area contributed by atoms with Gasteiger partial charge in [0.25, 0.3) is 0 Å². The molecule has 1 heterocycles. The highest BCUT2D eigenvalue weighted by Gasteiger charge is 2.12. The summed E-state index contributed by atoms with van der Waals surface area (Å²) in [5.41, 5.74) is 8.44. The number of rotatable bonds is 1. The summed E-state index contributed by atoms with van der Waals surface area (Å²) < 4.78 is 5.16. The first-order valence-electron chi connectivity index (χ1n) is 4.57. The molecule has 0 aliphatic heterocycles. The van der Waals surface area contributed by atoms with Crippen LogP contribution in [0.2, 0.25) is 5.02 Å². The van der Waals surface area contributed by atoms with E-state index >= 15 is 0 Å². The van der Waals surface area contributed by atoms with Crippen LogP contribution < -0.4 is 5.73 Å². The van der Waals surface area contributed by atoms with Gasteiger partial charge in [0.2, 0.25) is 0 Å². The van der Waals surface area contributed by atoms with Gasteiger partial charge in [0.1, 0.15) is 0 Å². The van der Waals surface area contributed by atoms with Gasteiger partial charge in [0.15, 0.2) is 11.6 Å². The summed E-state index contributed by atoms with van der Waals surface area (Å²) in [5, 5.41) is 4.39. The topological polar surface area (TPSA) is 52.0 Å². The molecule has 0 unspecified atom stereocenters. The second-order valence-corrected chi connectivity index (χ2v) is 3.98. The summed E-state index contributed by atoms with van der Waals surface area (Å²) in [5.74, 6) is 1.10. The van der Waals surface area contributed by atoms with Gasteiger partial charge in [-0.05, 0) is 37.6 Å². The molecule has 2 N–H and O–H groups in total. The third-order valence-electron chi connectivity index (χ3n) is 2.26. The number of aromatic nitrogens is 1. The van der Waals surface area contributed by atoms with Crippen LogP contribution in [0.15, 0.2) is 22.7 Å². The minimum Gasteiger partial charge on any atom is -0.381 e. The van der Waals surface area contributed by atoms with Crippen molar-refractivity contribution in [2.45, 2.75) is 13.8 Å². The second kappa shape index (κ2) is 3.59. The number of hydrogen-bond acceptors (Lipinski definition) is 3. The van der Waals surface area contributed by atoms with Crippen LogP contribution in [-0.2, 0) is 0 Å². The molecule has 0 amide bonds. The van der Waals surface area contributed by atoms with Crippen LogP contribution in [0.4, 0.5) is 5.82 Å². The summed E-state index contributed by atoms with van der Waals surface area (Å²) in [4.78, 5) is 0. The molecule has 3 nitrogen and oxygen atoms in total. The number of hydrogen-bond donors (Lipinski definition) is 1. The zero-order chi connectivity index (χ0) is 11.0. The maximum absolute atomic E-state index is 5.97. The molecule has 0 saturated carbocycles. The van der Waals surface area contributed by atoms with Crippen molar-refractivity contribution >= 4 is 17.4 Å². The number of nitrogen functional groups attached to an aromatic ring is 1. The highest BCUT2D eigenvalue weighted by Crippen LogP contribution is 2.29. The van der Waals surface area contributed by atoms with Crippen molar-refractivity contribution in [3.8, 4) is 11.3 Å². The van der Waals surface area contributed by atoms with Crippen molar-refractivity contribution in [3.63, 3.8) is 0 Å². The zero-order valence-corrected chi connectivity index (χ0v) is 9.30. The van der Waals surface area contributed by atoms with Gasteiger partial charge in [0, 0.05) is 16.1 Å². The highest BCUT2D eigenvalue weighted by molar-refractivity contribution is 6.30. The number of anilines is 1. The molecule has 0 radical (unpaired) electrons. The molecule has 0 bridgehead atoms. The Morgan fingerprint density at radius 1 is 1.27 bits per heavy atom. The first-order chi connectivity index (χ1) is 7.08. The molecule has 0 aliphatic rings. The highest BCUT2D eigenvalue weighted by atomic mass is 35.5. The van der Waals surface area contributed by atoms with Gasteiger partial charge >= 0.3 is 0 Å². The Kier molecular flexibility index (Phi) is 2.40. The number of aryl methyl sites for hydroxylation is 1. The third kappa shape index (κ3) is 1.83. The summed E-state index contributed by atoms with van der Waals surface area (Å²) >= 11 is 5.97. The van der Waals surface area contributed by atoms with Crippen molar-refractivity contribution in [2.24, 2.45) is 0 Å². The third-order valence-corrected chi connectivity index (χ3v) is 2.48. The van der Waals surface area contributed by atoms with Crippen molar-refractivity contribution < 1.29 is 4.52 Å². The van der Waals surface area contributed by atoms with E-state index in [2.05, 4.69) is 5.16 Å². The lowest BCUT2D eigenvalue weighted by Gasteiger charge is -2.00. The van der Waals surface area contributed by atoms with Gasteiger partial charge in [0.05, 0.1) is 0 Å². The Morgan fingerprint density at radius 3 is 2.53 bits per heavy atom. The summed E-state index contributed by atoms with van der Waals surface area (Å²) in [7, 11) is 0. The van der Waals surface area contributed by atoms with E-state index in [1.165, 1.54) is 0 Å². The molecule has 1 aromatic carbocycles. The van der Waals surface area contributed by atoms with Crippen LogP contribution in [-0.4, -0.2) is 5.16 Å². The molecule has 0 aliphatic carbocycles. The number of benzene rings is 1. The van der Waals surface area contributed by atoms with E-state index in [0.717, 1.165) is 16.7 Å². The van der Waals surface area contributed by atoms with E-state index in [1.807, 2.05) is 32.0 Å². The molecule has 15 heavy (non-hydrogen) atoms. The molecule has 0 fully saturated rings.